The van der Waals surface area contributed by atoms with Gasteiger partial charge in [0.1, 0.15) is 22.6 Å². The lowest BCUT2D eigenvalue weighted by Gasteiger charge is -2.26. The predicted molar refractivity (Wildman–Crippen MR) is 123 cm³/mol. The number of aromatic amines is 1. The molecule has 0 aliphatic rings. The molecule has 12 heteroatoms. The number of nitrogens with one attached hydrogen (secondary N) is 2. The molecule has 1 amide bonds. The van der Waals surface area contributed by atoms with Gasteiger partial charge in [-0.25, -0.2) is 14.2 Å². The smallest absolute Gasteiger partial charge is 0.410 e. The van der Waals surface area contributed by atoms with Crippen LogP contribution in [0, 0.1) is 5.82 Å². The molecule has 0 bridgehead atoms. The predicted octanol–water partition coefficient (Wildman–Crippen LogP) is 3.44. The first-order chi connectivity index (χ1) is 14.8. The van der Waals surface area contributed by atoms with Crippen molar-refractivity contribution in [2.24, 2.45) is 0 Å². The van der Waals surface area contributed by atoms with E-state index in [1.54, 1.807) is 41.0 Å². The maximum atomic E-state index is 14.5. The molecule has 2 heterocycles. The third-order valence-corrected chi connectivity index (χ3v) is 5.34. The molecule has 2 rings (SSSR count). The Morgan fingerprint density at radius 2 is 2.00 bits per heavy atom. The van der Waals surface area contributed by atoms with Crippen molar-refractivity contribution in [3.63, 3.8) is 0 Å². The van der Waals surface area contributed by atoms with E-state index in [9.17, 15) is 14.0 Å². The van der Waals surface area contributed by atoms with Gasteiger partial charge in [-0.2, -0.15) is 4.98 Å². The molecular weight excluding hydrogens is 461 g/mol. The fourth-order valence-electron chi connectivity index (χ4n) is 2.62. The lowest BCUT2D eigenvalue weighted by molar-refractivity contribution is 0.0298. The molecular formula is C20H29ClFN5O4S. The minimum atomic E-state index is -0.876. The molecule has 0 radical (unpaired) electrons. The van der Waals surface area contributed by atoms with Crippen molar-refractivity contribution in [1.82, 2.24) is 25.2 Å². The number of carbonyl (C=O) groups is 1. The number of thioether (sulfide) groups is 1. The maximum Gasteiger partial charge on any atom is 0.410 e. The van der Waals surface area contributed by atoms with Crippen LogP contribution in [0.1, 0.15) is 34.6 Å². The minimum absolute atomic E-state index is 0.0974. The highest BCUT2D eigenvalue weighted by molar-refractivity contribution is 7.98. The van der Waals surface area contributed by atoms with Crippen LogP contribution in [-0.4, -0.2) is 70.1 Å². The number of H-pyrrole nitrogens is 1. The van der Waals surface area contributed by atoms with E-state index in [0.717, 1.165) is 0 Å². The molecule has 0 aliphatic heterocycles. The number of fused-ring (bicyclic) bond motifs is 1. The zero-order chi connectivity index (χ0) is 24.2. The average molecular weight is 490 g/mol. The number of likely N-dealkylation sites (N-methyl/N-ethyl adjacent to an activating group) is 1. The van der Waals surface area contributed by atoms with Crippen molar-refractivity contribution in [3.8, 4) is 5.88 Å². The van der Waals surface area contributed by atoms with Gasteiger partial charge in [0.2, 0.25) is 5.88 Å². The first-order valence-electron chi connectivity index (χ1n) is 10.0. The Bertz CT molecular complexity index is 1030. The molecule has 2 atom stereocenters. The van der Waals surface area contributed by atoms with Crippen molar-refractivity contribution in [2.45, 2.75) is 57.5 Å². The molecule has 0 saturated carbocycles. The number of hydrogen-bond acceptors (Lipinski definition) is 8. The number of nitrogens with zero attached hydrogens (tertiary/aromatic N) is 3. The van der Waals surface area contributed by atoms with E-state index < -0.39 is 34.3 Å². The highest BCUT2D eigenvalue weighted by Crippen LogP contribution is 2.28. The molecule has 0 aliphatic carbocycles. The van der Waals surface area contributed by atoms with Gasteiger partial charge in [0.25, 0.3) is 5.56 Å². The molecule has 2 unspecified atom stereocenters. The Morgan fingerprint density at radius 1 is 1.34 bits per heavy atom. The number of amides is 1. The molecule has 2 N–H and O–H groups in total. The topological polar surface area (TPSA) is 109 Å². The Kier molecular flexibility index (Phi) is 8.72. The summed E-state index contributed by atoms with van der Waals surface area (Å²) in [6.07, 6.45) is 0.834. The van der Waals surface area contributed by atoms with Crippen LogP contribution in [0.25, 0.3) is 10.9 Å². The van der Waals surface area contributed by atoms with Gasteiger partial charge in [0, 0.05) is 26.2 Å². The number of carbonyl (C=O) groups excluding carboxylic acids is 1. The van der Waals surface area contributed by atoms with E-state index >= 15 is 0 Å². The van der Waals surface area contributed by atoms with Crippen molar-refractivity contribution in [3.05, 3.63) is 21.3 Å². The monoisotopic (exact) mass is 489 g/mol. The van der Waals surface area contributed by atoms with Crippen LogP contribution in [0.2, 0.25) is 5.15 Å². The second kappa shape index (κ2) is 10.7. The van der Waals surface area contributed by atoms with Crippen LogP contribution in [0.5, 0.6) is 5.88 Å². The van der Waals surface area contributed by atoms with Crippen LogP contribution < -0.4 is 15.6 Å². The number of ether oxygens (including phenoxy) is 2. The molecule has 0 aromatic carbocycles. The SMILES string of the molecule is CSc1nc2c(F)c(Cl)nc(OC(C)C(C)NCCN(C)C(=O)OC(C)(C)C)c2c(=O)[nH]1. The zero-order valence-electron chi connectivity index (χ0n) is 19.2. The van der Waals surface area contributed by atoms with Gasteiger partial charge in [-0.05, 0) is 40.9 Å². The molecule has 32 heavy (non-hydrogen) atoms. The van der Waals surface area contributed by atoms with Crippen molar-refractivity contribution < 1.29 is 18.7 Å². The van der Waals surface area contributed by atoms with Gasteiger partial charge >= 0.3 is 6.09 Å². The Balaban J connectivity index is 2.07. The summed E-state index contributed by atoms with van der Waals surface area (Å²) in [4.78, 5) is 36.6. The number of aromatic nitrogens is 3. The molecule has 2 aromatic rings. The molecule has 0 saturated heterocycles. The summed E-state index contributed by atoms with van der Waals surface area (Å²) in [6, 6.07) is -0.194. The van der Waals surface area contributed by atoms with Crippen LogP contribution in [0.3, 0.4) is 0 Å². The van der Waals surface area contributed by atoms with E-state index in [1.165, 1.54) is 16.7 Å². The second-order valence-electron chi connectivity index (χ2n) is 8.29. The average Bonchev–Trinajstić information content (AvgIpc) is 2.69. The van der Waals surface area contributed by atoms with Crippen LogP contribution in [0.4, 0.5) is 9.18 Å². The molecule has 0 spiro atoms. The summed E-state index contributed by atoms with van der Waals surface area (Å²) in [5, 5.41) is 2.97. The number of halogens is 2. The quantitative estimate of drug-likeness (QED) is 0.329. The van der Waals surface area contributed by atoms with Gasteiger partial charge in [0.05, 0.1) is 0 Å². The molecule has 9 nitrogen and oxygen atoms in total. The highest BCUT2D eigenvalue weighted by Gasteiger charge is 2.23. The number of pyridine rings is 1. The summed E-state index contributed by atoms with van der Waals surface area (Å²) in [5.74, 6) is -0.973. The minimum Gasteiger partial charge on any atom is -0.472 e. The number of hydrogen-bond donors (Lipinski definition) is 2. The fourth-order valence-corrected chi connectivity index (χ4v) is 3.16. The normalized spacial score (nSPS) is 13.7. The molecule has 0 fully saturated rings. The first-order valence-corrected chi connectivity index (χ1v) is 11.6. The standard InChI is InChI=1S/C20H29ClFN5O4S/c1-10(23-8-9-27(6)19(29)31-20(3,4)5)11(2)30-17-12-14(13(22)15(21)25-17)24-18(32-7)26-16(12)28/h10-11,23H,8-9H2,1-7H3,(H,24,26,28). The number of rotatable bonds is 8. The van der Waals surface area contributed by atoms with Crippen molar-refractivity contribution in [1.29, 1.82) is 0 Å². The zero-order valence-corrected chi connectivity index (χ0v) is 20.8. The van der Waals surface area contributed by atoms with Gasteiger partial charge in [-0.3, -0.25) is 4.79 Å². The molecule has 178 valence electrons. The van der Waals surface area contributed by atoms with Crippen LogP contribution >= 0.6 is 23.4 Å². The van der Waals surface area contributed by atoms with Gasteiger partial charge in [0.15, 0.2) is 16.1 Å². The third-order valence-electron chi connectivity index (χ3n) is 4.51. The van der Waals surface area contributed by atoms with E-state index in [1.807, 2.05) is 6.92 Å². The highest BCUT2D eigenvalue weighted by atomic mass is 35.5. The molecule has 2 aromatic heterocycles. The van der Waals surface area contributed by atoms with Crippen LogP contribution in [-0.2, 0) is 4.74 Å². The summed E-state index contributed by atoms with van der Waals surface area (Å²) < 4.78 is 25.6. The van der Waals surface area contributed by atoms with E-state index in [0.29, 0.717) is 13.1 Å². The van der Waals surface area contributed by atoms with E-state index in [2.05, 4.69) is 20.3 Å². The summed E-state index contributed by atoms with van der Waals surface area (Å²) in [5.41, 5.74) is -1.33. The van der Waals surface area contributed by atoms with Gasteiger partial charge in [-0.1, -0.05) is 23.4 Å². The van der Waals surface area contributed by atoms with E-state index in [-0.39, 0.29) is 28.0 Å². The first kappa shape index (κ1) is 26.1. The van der Waals surface area contributed by atoms with Crippen molar-refractivity contribution >= 4 is 40.4 Å². The Morgan fingerprint density at radius 3 is 2.59 bits per heavy atom. The Labute approximate surface area is 195 Å². The van der Waals surface area contributed by atoms with E-state index in [4.69, 9.17) is 21.1 Å². The second-order valence-corrected chi connectivity index (χ2v) is 9.44. The lowest BCUT2D eigenvalue weighted by Crippen LogP contribution is -2.44. The summed E-state index contributed by atoms with van der Waals surface area (Å²) in [6.45, 7) is 9.95. The Hall–Kier alpha value is -2.11. The van der Waals surface area contributed by atoms with Crippen LogP contribution in [0.15, 0.2) is 9.95 Å². The maximum absolute atomic E-state index is 14.5. The summed E-state index contributed by atoms with van der Waals surface area (Å²) in [7, 11) is 1.65. The fraction of sp³-hybridized carbons (Fsp3) is 0.600. The summed E-state index contributed by atoms with van der Waals surface area (Å²) >= 11 is 7.08. The van der Waals surface area contributed by atoms with Gasteiger partial charge in [-0.15, -0.1) is 0 Å². The largest absolute Gasteiger partial charge is 0.472 e. The van der Waals surface area contributed by atoms with Gasteiger partial charge < -0.3 is 24.7 Å². The van der Waals surface area contributed by atoms with Crippen molar-refractivity contribution in [2.75, 3.05) is 26.4 Å². The third kappa shape index (κ3) is 6.69. The lowest BCUT2D eigenvalue weighted by atomic mass is 10.2.